The minimum absolute atomic E-state index is 0.478. The number of rotatable bonds is 4. The van der Waals surface area contributed by atoms with E-state index in [4.69, 9.17) is 5.73 Å². The molecule has 2 aliphatic carbocycles. The maximum absolute atomic E-state index is 6.05. The summed E-state index contributed by atoms with van der Waals surface area (Å²) in [5.41, 5.74) is 6.05. The molecule has 19 heavy (non-hydrogen) atoms. The number of nitrogens with two attached hydrogens (primary N) is 1. The highest BCUT2D eigenvalue weighted by Crippen LogP contribution is 2.34. The molecule has 0 amide bonds. The minimum atomic E-state index is 0.478. The Morgan fingerprint density at radius 1 is 0.895 bits per heavy atom. The predicted octanol–water partition coefficient (Wildman–Crippen LogP) is 3.79. The van der Waals surface area contributed by atoms with Crippen LogP contribution in [0.1, 0.15) is 72.1 Å². The van der Waals surface area contributed by atoms with Gasteiger partial charge in [0.05, 0.1) is 0 Å². The number of hydrogen-bond donors (Lipinski definition) is 1. The van der Waals surface area contributed by atoms with E-state index in [2.05, 4.69) is 25.7 Å². The van der Waals surface area contributed by atoms with E-state index in [0.29, 0.717) is 6.04 Å². The van der Waals surface area contributed by atoms with E-state index in [1.54, 1.807) is 0 Å². The van der Waals surface area contributed by atoms with Gasteiger partial charge >= 0.3 is 0 Å². The molecule has 0 aromatic carbocycles. The van der Waals surface area contributed by atoms with Gasteiger partial charge < -0.3 is 5.73 Å². The fourth-order valence-corrected chi connectivity index (χ4v) is 4.35. The smallest absolute Gasteiger partial charge is 0.00992 e. The van der Waals surface area contributed by atoms with Gasteiger partial charge in [0, 0.05) is 18.1 Å². The fraction of sp³-hybridized carbons (Fsp3) is 1.00. The Hall–Kier alpha value is -0.0800. The van der Waals surface area contributed by atoms with Crippen LogP contribution >= 0.6 is 0 Å². The summed E-state index contributed by atoms with van der Waals surface area (Å²) < 4.78 is 0. The zero-order chi connectivity index (χ0) is 13.8. The van der Waals surface area contributed by atoms with Gasteiger partial charge in [-0.25, -0.2) is 0 Å². The molecule has 0 heterocycles. The molecule has 0 aromatic heterocycles. The molecule has 0 aliphatic heterocycles. The van der Waals surface area contributed by atoms with Gasteiger partial charge in [-0.05, 0) is 69.7 Å². The minimum Gasteiger partial charge on any atom is -0.328 e. The Bertz CT molecular complexity index is 248. The monoisotopic (exact) mass is 266 g/mol. The molecule has 2 fully saturated rings. The zero-order valence-electron chi connectivity index (χ0n) is 13.3. The molecular weight excluding hydrogens is 232 g/mol. The van der Waals surface area contributed by atoms with Crippen LogP contribution in [-0.4, -0.2) is 29.6 Å². The summed E-state index contributed by atoms with van der Waals surface area (Å²) in [7, 11) is 0. The van der Waals surface area contributed by atoms with Crippen LogP contribution in [0, 0.1) is 11.8 Å². The molecule has 0 spiro atoms. The first kappa shape index (κ1) is 15.3. The van der Waals surface area contributed by atoms with Crippen LogP contribution in [0.15, 0.2) is 0 Å². The second-order valence-electron chi connectivity index (χ2n) is 7.21. The van der Waals surface area contributed by atoms with Gasteiger partial charge in [0.15, 0.2) is 0 Å². The Balaban J connectivity index is 1.85. The quantitative estimate of drug-likeness (QED) is 0.839. The van der Waals surface area contributed by atoms with Gasteiger partial charge in [-0.15, -0.1) is 0 Å². The van der Waals surface area contributed by atoms with Gasteiger partial charge in [0.1, 0.15) is 0 Å². The van der Waals surface area contributed by atoms with Crippen molar-refractivity contribution in [1.82, 2.24) is 4.90 Å². The van der Waals surface area contributed by atoms with Crippen LogP contribution in [-0.2, 0) is 0 Å². The summed E-state index contributed by atoms with van der Waals surface area (Å²) in [6, 6.07) is 2.16. The van der Waals surface area contributed by atoms with Gasteiger partial charge in [-0.2, -0.15) is 0 Å². The second kappa shape index (κ2) is 7.08. The van der Waals surface area contributed by atoms with E-state index in [1.165, 1.54) is 57.9 Å². The maximum Gasteiger partial charge on any atom is 0.00992 e. The van der Waals surface area contributed by atoms with Crippen molar-refractivity contribution in [1.29, 1.82) is 0 Å². The van der Waals surface area contributed by atoms with Crippen molar-refractivity contribution in [2.75, 3.05) is 6.54 Å². The largest absolute Gasteiger partial charge is 0.328 e. The van der Waals surface area contributed by atoms with E-state index in [0.717, 1.165) is 23.9 Å². The van der Waals surface area contributed by atoms with Crippen LogP contribution in [0.2, 0.25) is 0 Å². The third-order valence-electron chi connectivity index (χ3n) is 5.73. The first-order valence-corrected chi connectivity index (χ1v) is 8.63. The van der Waals surface area contributed by atoms with Crippen molar-refractivity contribution in [3.8, 4) is 0 Å². The van der Waals surface area contributed by atoms with Crippen molar-refractivity contribution < 1.29 is 0 Å². The van der Waals surface area contributed by atoms with Gasteiger partial charge in [0.25, 0.3) is 0 Å². The third kappa shape index (κ3) is 3.95. The van der Waals surface area contributed by atoms with Crippen molar-refractivity contribution in [3.63, 3.8) is 0 Å². The number of nitrogens with zero attached hydrogens (tertiary/aromatic N) is 1. The summed E-state index contributed by atoms with van der Waals surface area (Å²) in [6.07, 6.45) is 10.9. The first-order chi connectivity index (χ1) is 9.11. The normalized spacial score (nSPS) is 36.9. The van der Waals surface area contributed by atoms with Crippen molar-refractivity contribution in [2.45, 2.75) is 90.3 Å². The Morgan fingerprint density at radius 3 is 1.79 bits per heavy atom. The van der Waals surface area contributed by atoms with Crippen molar-refractivity contribution in [3.05, 3.63) is 0 Å². The van der Waals surface area contributed by atoms with E-state index < -0.39 is 0 Å². The molecule has 2 rings (SSSR count). The van der Waals surface area contributed by atoms with E-state index in [-0.39, 0.29) is 0 Å². The van der Waals surface area contributed by atoms with Gasteiger partial charge in [-0.1, -0.05) is 20.8 Å². The molecule has 2 saturated carbocycles. The lowest BCUT2D eigenvalue weighted by atomic mass is 9.78. The lowest BCUT2D eigenvalue weighted by molar-refractivity contribution is 0.0669. The summed E-state index contributed by atoms with van der Waals surface area (Å²) in [4.78, 5) is 2.82. The fourth-order valence-electron chi connectivity index (χ4n) is 4.35. The molecule has 2 heteroatoms. The number of hydrogen-bond acceptors (Lipinski definition) is 2. The molecule has 0 radical (unpaired) electrons. The average Bonchev–Trinajstić information content (AvgIpc) is 2.42. The third-order valence-corrected chi connectivity index (χ3v) is 5.73. The van der Waals surface area contributed by atoms with Crippen LogP contribution in [0.5, 0.6) is 0 Å². The zero-order valence-corrected chi connectivity index (χ0v) is 13.3. The molecule has 0 saturated heterocycles. The summed E-state index contributed by atoms with van der Waals surface area (Å²) in [5, 5.41) is 0. The SMILES string of the molecule is CCN(C1CCC(N)CC1)C1CCC(C(C)C)CC1. The summed E-state index contributed by atoms with van der Waals surface area (Å²) in [6.45, 7) is 8.37. The summed E-state index contributed by atoms with van der Waals surface area (Å²) >= 11 is 0. The van der Waals surface area contributed by atoms with Crippen LogP contribution in [0.3, 0.4) is 0 Å². The summed E-state index contributed by atoms with van der Waals surface area (Å²) in [5.74, 6) is 1.86. The highest BCUT2D eigenvalue weighted by Gasteiger charge is 2.31. The predicted molar refractivity (Wildman–Crippen MR) is 83.2 cm³/mol. The lowest BCUT2D eigenvalue weighted by Gasteiger charge is -2.43. The first-order valence-electron chi connectivity index (χ1n) is 8.63. The van der Waals surface area contributed by atoms with E-state index >= 15 is 0 Å². The molecular formula is C17H34N2. The molecule has 2 N–H and O–H groups in total. The Morgan fingerprint density at radius 2 is 1.37 bits per heavy atom. The molecule has 0 unspecified atom stereocenters. The van der Waals surface area contributed by atoms with Crippen molar-refractivity contribution >= 4 is 0 Å². The highest BCUT2D eigenvalue weighted by molar-refractivity contribution is 4.87. The molecule has 2 nitrogen and oxygen atoms in total. The van der Waals surface area contributed by atoms with E-state index in [9.17, 15) is 0 Å². The van der Waals surface area contributed by atoms with Crippen molar-refractivity contribution in [2.24, 2.45) is 17.6 Å². The topological polar surface area (TPSA) is 29.3 Å². The molecule has 2 aliphatic rings. The molecule has 0 aromatic rings. The molecule has 0 bridgehead atoms. The average molecular weight is 266 g/mol. The van der Waals surface area contributed by atoms with E-state index in [1.807, 2.05) is 0 Å². The standard InChI is InChI=1S/C17H34N2/c1-4-19(17-11-7-15(18)8-12-17)16-9-5-14(6-10-16)13(2)3/h13-17H,4-12,18H2,1-3H3. The van der Waals surface area contributed by atoms with Crippen LogP contribution in [0.4, 0.5) is 0 Å². The van der Waals surface area contributed by atoms with Gasteiger partial charge in [-0.3, -0.25) is 4.90 Å². The Labute approximate surface area is 120 Å². The van der Waals surface area contributed by atoms with Crippen LogP contribution in [0.25, 0.3) is 0 Å². The highest BCUT2D eigenvalue weighted by atomic mass is 15.2. The molecule has 0 atom stereocenters. The van der Waals surface area contributed by atoms with Gasteiger partial charge in [0.2, 0.25) is 0 Å². The lowest BCUT2D eigenvalue weighted by Crippen LogP contribution is -2.47. The molecule has 112 valence electrons. The Kier molecular flexibility index (Phi) is 5.70. The maximum atomic E-state index is 6.05. The second-order valence-corrected chi connectivity index (χ2v) is 7.21. The van der Waals surface area contributed by atoms with Crippen LogP contribution < -0.4 is 5.73 Å².